The maximum Gasteiger partial charge on any atom is 0.490 e. The second-order valence-electron chi connectivity index (χ2n) is 3.12. The molecule has 1 N–H and O–H groups in total. The van der Waals surface area contributed by atoms with Gasteiger partial charge in [-0.05, 0) is 20.8 Å². The lowest BCUT2D eigenvalue weighted by atomic mass is 10.2. The predicted molar refractivity (Wildman–Crippen MR) is 40.5 cm³/mol. The van der Waals surface area contributed by atoms with Gasteiger partial charge in [-0.1, -0.05) is 0 Å². The summed E-state index contributed by atoms with van der Waals surface area (Å²) in [7, 11) is 1.71. The van der Waals surface area contributed by atoms with Gasteiger partial charge in [-0.25, -0.2) is 4.79 Å². The minimum Gasteiger partial charge on any atom is -0.475 e. The van der Waals surface area contributed by atoms with Crippen molar-refractivity contribution in [3.8, 4) is 0 Å². The topological polar surface area (TPSA) is 46.5 Å². The van der Waals surface area contributed by atoms with E-state index in [0.29, 0.717) is 0 Å². The number of hydrogen-bond acceptors (Lipinski definition) is 2. The van der Waals surface area contributed by atoms with Crippen LogP contribution in [0.3, 0.4) is 0 Å². The van der Waals surface area contributed by atoms with Crippen LogP contribution in [0.1, 0.15) is 20.8 Å². The first-order valence-electron chi connectivity index (χ1n) is 3.36. The number of rotatable bonds is 0. The molecule has 0 atom stereocenters. The third-order valence-corrected chi connectivity index (χ3v) is 0.855. The highest BCUT2D eigenvalue weighted by atomic mass is 19.4. The van der Waals surface area contributed by atoms with E-state index in [1.807, 2.05) is 20.8 Å². The van der Waals surface area contributed by atoms with E-state index < -0.39 is 12.1 Å². The summed E-state index contributed by atoms with van der Waals surface area (Å²) in [6.45, 7) is 6.06. The van der Waals surface area contributed by atoms with Crippen LogP contribution in [-0.4, -0.2) is 30.0 Å². The minimum absolute atomic E-state index is 0.0417. The van der Waals surface area contributed by atoms with E-state index in [1.165, 1.54) is 0 Å². The number of carbonyl (C=O) groups is 1. The highest BCUT2D eigenvalue weighted by Gasteiger charge is 2.38. The number of carboxylic acid groups (broad SMARTS) is 1. The van der Waals surface area contributed by atoms with Crippen molar-refractivity contribution in [3.05, 3.63) is 0 Å². The van der Waals surface area contributed by atoms with Gasteiger partial charge in [0.05, 0.1) is 5.60 Å². The zero-order valence-corrected chi connectivity index (χ0v) is 7.90. The molecule has 80 valence electrons. The molecule has 6 heteroatoms. The number of aliphatic carboxylic acids is 1. The molecule has 0 saturated carbocycles. The summed E-state index contributed by atoms with van der Waals surface area (Å²) in [6.07, 6.45) is -5.08. The van der Waals surface area contributed by atoms with Gasteiger partial charge < -0.3 is 9.84 Å². The highest BCUT2D eigenvalue weighted by Crippen LogP contribution is 2.13. The number of carboxylic acids is 1. The summed E-state index contributed by atoms with van der Waals surface area (Å²) in [5.74, 6) is -2.76. The standard InChI is InChI=1S/C5H12O.C2HF3O2/c1-5(2,3)6-4;3-2(4,5)1(6)7/h1-4H3;(H,6,7). The molecule has 3 nitrogen and oxygen atoms in total. The lowest BCUT2D eigenvalue weighted by molar-refractivity contribution is -0.192. The number of methoxy groups -OCH3 is 1. The van der Waals surface area contributed by atoms with Crippen LogP contribution in [0.25, 0.3) is 0 Å². The summed E-state index contributed by atoms with van der Waals surface area (Å²) < 4.78 is 36.7. The molecule has 0 unspecified atom stereocenters. The number of hydrogen-bond donors (Lipinski definition) is 1. The van der Waals surface area contributed by atoms with Crippen molar-refractivity contribution < 1.29 is 27.8 Å². The van der Waals surface area contributed by atoms with E-state index in [-0.39, 0.29) is 5.60 Å². The van der Waals surface area contributed by atoms with E-state index in [0.717, 1.165) is 0 Å². The van der Waals surface area contributed by atoms with Gasteiger partial charge in [0.2, 0.25) is 0 Å². The third kappa shape index (κ3) is 14.1. The molecule has 13 heavy (non-hydrogen) atoms. The Kier molecular flexibility index (Phi) is 5.73. The number of alkyl halides is 3. The molecule has 0 rings (SSSR count). The summed E-state index contributed by atoms with van der Waals surface area (Å²) in [5.41, 5.74) is 0.0417. The third-order valence-electron chi connectivity index (χ3n) is 0.855. The number of ether oxygens (including phenoxy) is 1. The second kappa shape index (κ2) is 5.06. The van der Waals surface area contributed by atoms with Crippen molar-refractivity contribution in [2.45, 2.75) is 32.5 Å². The molecule has 0 saturated heterocycles. The second-order valence-corrected chi connectivity index (χ2v) is 3.12. The number of halogens is 3. The van der Waals surface area contributed by atoms with E-state index >= 15 is 0 Å². The van der Waals surface area contributed by atoms with Crippen molar-refractivity contribution in [3.63, 3.8) is 0 Å². The van der Waals surface area contributed by atoms with Crippen molar-refractivity contribution in [1.82, 2.24) is 0 Å². The average Bonchev–Trinajstić information content (AvgIpc) is 1.85. The maximum absolute atomic E-state index is 10.6. The first-order valence-corrected chi connectivity index (χ1v) is 3.36. The van der Waals surface area contributed by atoms with Crippen LogP contribution in [0.2, 0.25) is 0 Å². The van der Waals surface area contributed by atoms with Crippen molar-refractivity contribution in [2.75, 3.05) is 7.11 Å². The van der Waals surface area contributed by atoms with E-state index in [4.69, 9.17) is 14.6 Å². The van der Waals surface area contributed by atoms with E-state index in [1.54, 1.807) is 7.11 Å². The molecule has 0 fully saturated rings. The Morgan fingerprint density at radius 1 is 1.23 bits per heavy atom. The van der Waals surface area contributed by atoms with Crippen molar-refractivity contribution in [1.29, 1.82) is 0 Å². The zero-order valence-electron chi connectivity index (χ0n) is 7.90. The molecule has 0 aromatic rings. The predicted octanol–water partition coefficient (Wildman–Crippen LogP) is 2.06. The van der Waals surface area contributed by atoms with Gasteiger partial charge in [0.1, 0.15) is 0 Å². The van der Waals surface area contributed by atoms with Crippen LogP contribution in [0, 0.1) is 0 Å². The largest absolute Gasteiger partial charge is 0.490 e. The monoisotopic (exact) mass is 202 g/mol. The molecule has 0 aliphatic rings. The SMILES string of the molecule is COC(C)(C)C.O=C(O)C(F)(F)F. The Morgan fingerprint density at radius 3 is 1.38 bits per heavy atom. The molecule has 0 aliphatic carbocycles. The molecule has 0 amide bonds. The lowest BCUT2D eigenvalue weighted by Crippen LogP contribution is -2.21. The molecular weight excluding hydrogens is 189 g/mol. The highest BCUT2D eigenvalue weighted by molar-refractivity contribution is 5.73. The molecule has 0 bridgehead atoms. The fraction of sp³-hybridized carbons (Fsp3) is 0.857. The van der Waals surface area contributed by atoms with Gasteiger partial charge in [-0.3, -0.25) is 0 Å². The Labute approximate surface area is 74.5 Å². The molecule has 0 aliphatic heterocycles. The normalized spacial score (nSPS) is 11.6. The smallest absolute Gasteiger partial charge is 0.475 e. The van der Waals surface area contributed by atoms with Gasteiger partial charge in [-0.15, -0.1) is 0 Å². The van der Waals surface area contributed by atoms with Gasteiger partial charge in [0.15, 0.2) is 0 Å². The Bertz CT molecular complexity index is 157. The lowest BCUT2D eigenvalue weighted by Gasteiger charge is -2.14. The molecule has 0 radical (unpaired) electrons. The van der Waals surface area contributed by atoms with Gasteiger partial charge in [-0.2, -0.15) is 13.2 Å². The Morgan fingerprint density at radius 2 is 1.38 bits per heavy atom. The first-order chi connectivity index (χ1) is 5.50. The van der Waals surface area contributed by atoms with Crippen molar-refractivity contribution >= 4 is 5.97 Å². The van der Waals surface area contributed by atoms with Crippen molar-refractivity contribution in [2.24, 2.45) is 0 Å². The Hall–Kier alpha value is -0.780. The fourth-order valence-electron chi connectivity index (χ4n) is 0. The minimum atomic E-state index is -5.08. The molecule has 0 spiro atoms. The van der Waals surface area contributed by atoms with Crippen LogP contribution in [0.15, 0.2) is 0 Å². The zero-order chi connectivity index (χ0) is 11.3. The van der Waals surface area contributed by atoms with E-state index in [2.05, 4.69) is 0 Å². The summed E-state index contributed by atoms with van der Waals surface area (Å²) in [5, 5.41) is 7.12. The summed E-state index contributed by atoms with van der Waals surface area (Å²) >= 11 is 0. The molecule has 0 aromatic heterocycles. The summed E-state index contributed by atoms with van der Waals surface area (Å²) in [6, 6.07) is 0. The molecular formula is C7H13F3O3. The first kappa shape index (κ1) is 14.7. The quantitative estimate of drug-likeness (QED) is 0.654. The molecule has 0 aromatic carbocycles. The van der Waals surface area contributed by atoms with Crippen LogP contribution < -0.4 is 0 Å². The van der Waals surface area contributed by atoms with Crippen LogP contribution in [0.5, 0.6) is 0 Å². The van der Waals surface area contributed by atoms with Crippen LogP contribution >= 0.6 is 0 Å². The van der Waals surface area contributed by atoms with Gasteiger partial charge in [0, 0.05) is 7.11 Å². The molecule has 0 heterocycles. The van der Waals surface area contributed by atoms with Gasteiger partial charge in [0.25, 0.3) is 0 Å². The fourth-order valence-corrected chi connectivity index (χ4v) is 0. The van der Waals surface area contributed by atoms with E-state index in [9.17, 15) is 13.2 Å². The summed E-state index contributed by atoms with van der Waals surface area (Å²) in [4.78, 5) is 8.90. The van der Waals surface area contributed by atoms with Gasteiger partial charge >= 0.3 is 12.1 Å². The Balaban J connectivity index is 0. The van der Waals surface area contributed by atoms with Crippen LogP contribution in [-0.2, 0) is 9.53 Å². The average molecular weight is 202 g/mol. The van der Waals surface area contributed by atoms with Crippen LogP contribution in [0.4, 0.5) is 13.2 Å². The maximum atomic E-state index is 10.6.